The summed E-state index contributed by atoms with van der Waals surface area (Å²) in [5, 5.41) is 8.17. The van der Waals surface area contributed by atoms with E-state index in [0.29, 0.717) is 6.54 Å². The number of thiazole rings is 1. The third kappa shape index (κ3) is 2.75. The number of hydrogen-bond donors (Lipinski definition) is 1. The first-order valence-corrected chi connectivity index (χ1v) is 7.80. The van der Waals surface area contributed by atoms with Gasteiger partial charge in [-0.05, 0) is 32.3 Å². The number of rotatable bonds is 5. The van der Waals surface area contributed by atoms with E-state index in [9.17, 15) is 4.79 Å². The first kappa shape index (κ1) is 13.3. The lowest BCUT2D eigenvalue weighted by Gasteiger charge is -2.12. The normalized spacial score (nSPS) is 15.1. The molecule has 2 aromatic heterocycles. The SMILES string of the molecule is CC(C(=O)NCCc1nc2c(s1)CCC2)n1cccn1. The fourth-order valence-electron chi connectivity index (χ4n) is 2.42. The van der Waals surface area contributed by atoms with Gasteiger partial charge < -0.3 is 5.32 Å². The van der Waals surface area contributed by atoms with Crippen LogP contribution in [-0.4, -0.2) is 27.2 Å². The molecule has 106 valence electrons. The van der Waals surface area contributed by atoms with E-state index < -0.39 is 0 Å². The number of fused-ring (bicyclic) bond motifs is 1. The molecule has 1 amide bonds. The molecular weight excluding hydrogens is 272 g/mol. The number of carbonyl (C=O) groups is 1. The van der Waals surface area contributed by atoms with Crippen LogP contribution in [0.4, 0.5) is 0 Å². The van der Waals surface area contributed by atoms with E-state index in [-0.39, 0.29) is 11.9 Å². The highest BCUT2D eigenvalue weighted by molar-refractivity contribution is 7.11. The van der Waals surface area contributed by atoms with Crippen molar-refractivity contribution < 1.29 is 4.79 Å². The van der Waals surface area contributed by atoms with Crippen LogP contribution in [0.3, 0.4) is 0 Å². The van der Waals surface area contributed by atoms with Gasteiger partial charge in [-0.25, -0.2) is 4.98 Å². The van der Waals surface area contributed by atoms with Crippen LogP contribution in [0.2, 0.25) is 0 Å². The van der Waals surface area contributed by atoms with Crippen LogP contribution >= 0.6 is 11.3 Å². The maximum Gasteiger partial charge on any atom is 0.244 e. The maximum absolute atomic E-state index is 12.0. The van der Waals surface area contributed by atoms with Crippen LogP contribution in [0.15, 0.2) is 18.5 Å². The highest BCUT2D eigenvalue weighted by atomic mass is 32.1. The Balaban J connectivity index is 1.48. The molecule has 6 heteroatoms. The third-order valence-corrected chi connectivity index (χ3v) is 4.80. The average molecular weight is 290 g/mol. The zero-order chi connectivity index (χ0) is 13.9. The van der Waals surface area contributed by atoms with Crippen molar-refractivity contribution >= 4 is 17.2 Å². The zero-order valence-corrected chi connectivity index (χ0v) is 12.3. The van der Waals surface area contributed by atoms with Crippen molar-refractivity contribution in [3.8, 4) is 0 Å². The molecule has 1 unspecified atom stereocenters. The van der Waals surface area contributed by atoms with Gasteiger partial charge in [-0.15, -0.1) is 11.3 Å². The van der Waals surface area contributed by atoms with Crippen LogP contribution in [-0.2, 0) is 24.1 Å². The molecule has 0 aromatic carbocycles. The number of hydrogen-bond acceptors (Lipinski definition) is 4. The van der Waals surface area contributed by atoms with Crippen molar-refractivity contribution in [3.63, 3.8) is 0 Å². The van der Waals surface area contributed by atoms with Crippen molar-refractivity contribution in [3.05, 3.63) is 34.0 Å². The Bertz CT molecular complexity index is 569. The number of nitrogens with zero attached hydrogens (tertiary/aromatic N) is 3. The quantitative estimate of drug-likeness (QED) is 0.912. The Morgan fingerprint density at radius 1 is 1.55 bits per heavy atom. The summed E-state index contributed by atoms with van der Waals surface area (Å²) in [6.07, 6.45) is 7.84. The minimum absolute atomic E-state index is 0.00204. The number of nitrogens with one attached hydrogen (secondary N) is 1. The van der Waals surface area contributed by atoms with Gasteiger partial charge in [0.25, 0.3) is 0 Å². The molecule has 0 spiro atoms. The highest BCUT2D eigenvalue weighted by Gasteiger charge is 2.17. The van der Waals surface area contributed by atoms with Crippen LogP contribution in [0.1, 0.15) is 35.0 Å². The average Bonchev–Trinajstić information content (AvgIpc) is 3.13. The summed E-state index contributed by atoms with van der Waals surface area (Å²) in [6, 6.07) is 1.55. The van der Waals surface area contributed by atoms with Gasteiger partial charge in [0.1, 0.15) is 6.04 Å². The molecule has 0 bridgehead atoms. The molecular formula is C14H18N4OS. The second kappa shape index (κ2) is 5.75. The zero-order valence-electron chi connectivity index (χ0n) is 11.5. The van der Waals surface area contributed by atoms with Gasteiger partial charge >= 0.3 is 0 Å². The van der Waals surface area contributed by atoms with Gasteiger partial charge in [0.2, 0.25) is 5.91 Å². The predicted molar refractivity (Wildman–Crippen MR) is 77.8 cm³/mol. The van der Waals surface area contributed by atoms with Gasteiger partial charge in [0.15, 0.2) is 0 Å². The minimum Gasteiger partial charge on any atom is -0.354 e. The lowest BCUT2D eigenvalue weighted by Crippen LogP contribution is -2.32. The first-order valence-electron chi connectivity index (χ1n) is 6.98. The summed E-state index contributed by atoms with van der Waals surface area (Å²) in [7, 11) is 0. The molecule has 1 atom stereocenters. The fraction of sp³-hybridized carbons (Fsp3) is 0.500. The van der Waals surface area contributed by atoms with Crippen molar-refractivity contribution in [2.75, 3.05) is 6.54 Å². The molecule has 0 saturated carbocycles. The lowest BCUT2D eigenvalue weighted by atomic mass is 10.3. The van der Waals surface area contributed by atoms with Crippen molar-refractivity contribution in [1.29, 1.82) is 0 Å². The second-order valence-electron chi connectivity index (χ2n) is 5.03. The van der Waals surface area contributed by atoms with Gasteiger partial charge in [0, 0.05) is 30.2 Å². The molecule has 1 aliphatic rings. The van der Waals surface area contributed by atoms with E-state index in [0.717, 1.165) is 17.8 Å². The van der Waals surface area contributed by atoms with E-state index in [1.165, 1.54) is 23.4 Å². The number of carbonyl (C=O) groups excluding carboxylic acids is 1. The first-order chi connectivity index (χ1) is 9.74. The molecule has 2 aromatic rings. The standard InChI is InChI=1S/C14H18N4OS/c1-10(18-9-3-7-16-18)14(19)15-8-6-13-17-11-4-2-5-12(11)20-13/h3,7,9-10H,2,4-6,8H2,1H3,(H,15,19). The Morgan fingerprint density at radius 2 is 2.45 bits per heavy atom. The van der Waals surface area contributed by atoms with E-state index in [4.69, 9.17) is 0 Å². The number of aryl methyl sites for hydroxylation is 2. The Labute approximate surface area is 122 Å². The summed E-state index contributed by atoms with van der Waals surface area (Å²) < 4.78 is 1.66. The monoisotopic (exact) mass is 290 g/mol. The molecule has 0 saturated heterocycles. The third-order valence-electron chi connectivity index (χ3n) is 3.58. The molecule has 2 heterocycles. The predicted octanol–water partition coefficient (Wildman–Crippen LogP) is 1.75. The fourth-order valence-corrected chi connectivity index (χ4v) is 3.58. The Kier molecular flexibility index (Phi) is 3.82. The van der Waals surface area contributed by atoms with Gasteiger partial charge in [0.05, 0.1) is 10.7 Å². The van der Waals surface area contributed by atoms with Gasteiger partial charge in [-0.2, -0.15) is 5.10 Å². The summed E-state index contributed by atoms with van der Waals surface area (Å²) in [4.78, 5) is 18.1. The van der Waals surface area contributed by atoms with Crippen LogP contribution in [0.25, 0.3) is 0 Å². The minimum atomic E-state index is -0.272. The van der Waals surface area contributed by atoms with Gasteiger partial charge in [-0.3, -0.25) is 9.48 Å². The Morgan fingerprint density at radius 3 is 3.20 bits per heavy atom. The Hall–Kier alpha value is -1.69. The number of aromatic nitrogens is 3. The molecule has 20 heavy (non-hydrogen) atoms. The van der Waals surface area contributed by atoms with Crippen LogP contribution in [0.5, 0.6) is 0 Å². The van der Waals surface area contributed by atoms with E-state index in [1.54, 1.807) is 28.4 Å². The summed E-state index contributed by atoms with van der Waals surface area (Å²) in [5.74, 6) is -0.00204. The van der Waals surface area contributed by atoms with E-state index in [2.05, 4.69) is 15.4 Å². The molecule has 0 aliphatic heterocycles. The molecule has 0 radical (unpaired) electrons. The topological polar surface area (TPSA) is 59.8 Å². The largest absolute Gasteiger partial charge is 0.354 e. The van der Waals surface area contributed by atoms with E-state index in [1.807, 2.05) is 13.0 Å². The summed E-state index contributed by atoms with van der Waals surface area (Å²) in [5.41, 5.74) is 1.28. The molecule has 0 fully saturated rings. The molecule has 3 rings (SSSR count). The van der Waals surface area contributed by atoms with Crippen molar-refractivity contribution in [2.24, 2.45) is 0 Å². The molecule has 5 nitrogen and oxygen atoms in total. The highest BCUT2D eigenvalue weighted by Crippen LogP contribution is 2.27. The molecule has 1 aliphatic carbocycles. The maximum atomic E-state index is 12.0. The van der Waals surface area contributed by atoms with Crippen molar-refractivity contribution in [2.45, 2.75) is 38.6 Å². The number of amides is 1. The summed E-state index contributed by atoms with van der Waals surface area (Å²) in [6.45, 7) is 2.48. The smallest absolute Gasteiger partial charge is 0.244 e. The van der Waals surface area contributed by atoms with Crippen LogP contribution in [0, 0.1) is 0 Å². The van der Waals surface area contributed by atoms with Crippen molar-refractivity contribution in [1.82, 2.24) is 20.1 Å². The summed E-state index contributed by atoms with van der Waals surface area (Å²) >= 11 is 1.80. The lowest BCUT2D eigenvalue weighted by molar-refractivity contribution is -0.124. The second-order valence-corrected chi connectivity index (χ2v) is 6.20. The molecule has 1 N–H and O–H groups in total. The van der Waals surface area contributed by atoms with E-state index >= 15 is 0 Å². The van der Waals surface area contributed by atoms with Crippen LogP contribution < -0.4 is 5.32 Å². The van der Waals surface area contributed by atoms with Gasteiger partial charge in [-0.1, -0.05) is 0 Å².